The number of aryl methyl sites for hydroxylation is 1. The quantitative estimate of drug-likeness (QED) is 0.854. The second-order valence-electron chi connectivity index (χ2n) is 5.15. The first kappa shape index (κ1) is 16.0. The zero-order valence-corrected chi connectivity index (χ0v) is 14.3. The van der Waals surface area contributed by atoms with E-state index in [9.17, 15) is 0 Å². The average molecular weight is 312 g/mol. The molecule has 0 saturated carbocycles. The zero-order valence-electron chi connectivity index (χ0n) is 12.7. The normalized spacial score (nSPS) is 22.8. The van der Waals surface area contributed by atoms with E-state index in [1.54, 1.807) is 0 Å². The largest absolute Gasteiger partial charge is 0.370 e. The van der Waals surface area contributed by atoms with Crippen LogP contribution in [0.15, 0.2) is 6.07 Å². The summed E-state index contributed by atoms with van der Waals surface area (Å²) in [5.74, 6) is 4.49. The van der Waals surface area contributed by atoms with Gasteiger partial charge in [0.15, 0.2) is 0 Å². The fourth-order valence-electron chi connectivity index (χ4n) is 2.29. The van der Waals surface area contributed by atoms with E-state index in [1.165, 1.54) is 17.2 Å². The number of hydrogen-bond donors (Lipinski definition) is 1. The molecule has 1 aromatic heterocycles. The third-order valence-corrected chi connectivity index (χ3v) is 6.39. The molecule has 0 bridgehead atoms. The maximum atomic E-state index is 4.82. The van der Waals surface area contributed by atoms with Crippen LogP contribution < -0.4 is 5.32 Å². The lowest BCUT2D eigenvalue weighted by molar-refractivity contribution is 0.785. The lowest BCUT2D eigenvalue weighted by Gasteiger charge is -2.27. The van der Waals surface area contributed by atoms with Gasteiger partial charge in [-0.3, -0.25) is 0 Å². The smallest absolute Gasteiger partial charge is 0.145 e. The van der Waals surface area contributed by atoms with Crippen molar-refractivity contribution in [2.24, 2.45) is 0 Å². The minimum atomic E-state index is 0.438. The van der Waals surface area contributed by atoms with E-state index in [1.807, 2.05) is 23.5 Å². The van der Waals surface area contributed by atoms with Crippen LogP contribution in [0, 0.1) is 0 Å². The van der Waals surface area contributed by atoms with Crippen LogP contribution in [0.2, 0.25) is 0 Å². The van der Waals surface area contributed by atoms with Crippen molar-refractivity contribution in [1.29, 1.82) is 0 Å². The fraction of sp³-hybridized carbons (Fsp3) is 0.733. The first-order valence-electron chi connectivity index (χ1n) is 7.59. The molecule has 112 valence electrons. The summed E-state index contributed by atoms with van der Waals surface area (Å²) in [6.07, 6.45) is 3.29. The molecule has 2 heterocycles. The molecule has 20 heavy (non-hydrogen) atoms. The summed E-state index contributed by atoms with van der Waals surface area (Å²) in [5.41, 5.74) is 1.18. The monoisotopic (exact) mass is 311 g/mol. The summed E-state index contributed by atoms with van der Waals surface area (Å²) in [4.78, 5) is 9.59. The van der Waals surface area contributed by atoms with Crippen molar-refractivity contribution >= 4 is 29.3 Å². The SMILES string of the molecule is CCCNc1cc(CCC)nc(C2SCCSC2C)n1. The number of nitrogens with zero attached hydrogens (tertiary/aromatic N) is 2. The summed E-state index contributed by atoms with van der Waals surface area (Å²) in [6, 6.07) is 2.12. The molecular formula is C15H25N3S2. The van der Waals surface area contributed by atoms with Gasteiger partial charge in [-0.05, 0) is 12.8 Å². The Morgan fingerprint density at radius 2 is 2.00 bits per heavy atom. The zero-order chi connectivity index (χ0) is 14.4. The van der Waals surface area contributed by atoms with Gasteiger partial charge in [0.2, 0.25) is 0 Å². The van der Waals surface area contributed by atoms with Crippen molar-refractivity contribution in [1.82, 2.24) is 9.97 Å². The van der Waals surface area contributed by atoms with Crippen molar-refractivity contribution in [3.05, 3.63) is 17.6 Å². The molecule has 1 fully saturated rings. The van der Waals surface area contributed by atoms with Crippen molar-refractivity contribution in [3.8, 4) is 0 Å². The molecule has 1 aromatic rings. The molecule has 2 rings (SSSR count). The molecule has 0 aliphatic carbocycles. The van der Waals surface area contributed by atoms with Crippen LogP contribution in [0.1, 0.15) is 50.4 Å². The second-order valence-corrected chi connectivity index (χ2v) is 7.88. The van der Waals surface area contributed by atoms with Crippen LogP contribution in [0.5, 0.6) is 0 Å². The Morgan fingerprint density at radius 1 is 1.20 bits per heavy atom. The molecule has 3 nitrogen and oxygen atoms in total. The van der Waals surface area contributed by atoms with Gasteiger partial charge < -0.3 is 5.32 Å². The minimum absolute atomic E-state index is 0.438. The van der Waals surface area contributed by atoms with Gasteiger partial charge in [-0.25, -0.2) is 9.97 Å². The number of anilines is 1. The number of nitrogens with one attached hydrogen (secondary N) is 1. The van der Waals surface area contributed by atoms with Gasteiger partial charge >= 0.3 is 0 Å². The van der Waals surface area contributed by atoms with Gasteiger partial charge in [0.1, 0.15) is 11.6 Å². The van der Waals surface area contributed by atoms with Crippen molar-refractivity contribution in [2.75, 3.05) is 23.4 Å². The molecule has 0 spiro atoms. The molecule has 0 radical (unpaired) electrons. The number of thioether (sulfide) groups is 2. The highest BCUT2D eigenvalue weighted by Crippen LogP contribution is 2.41. The van der Waals surface area contributed by atoms with Crippen LogP contribution in [-0.4, -0.2) is 33.3 Å². The lowest BCUT2D eigenvalue weighted by atomic mass is 10.2. The van der Waals surface area contributed by atoms with Crippen LogP contribution in [0.3, 0.4) is 0 Å². The first-order valence-corrected chi connectivity index (χ1v) is 9.69. The summed E-state index contributed by atoms with van der Waals surface area (Å²) >= 11 is 4.05. The van der Waals surface area contributed by atoms with Crippen LogP contribution in [-0.2, 0) is 6.42 Å². The standard InChI is InChI=1S/C15H25N3S2/c1-4-6-12-10-13(16-7-5-2)18-15(17-12)14-11(3)19-8-9-20-14/h10-11,14H,4-9H2,1-3H3,(H,16,17,18). The number of hydrogen-bond acceptors (Lipinski definition) is 5. The van der Waals surface area contributed by atoms with Crippen molar-refractivity contribution in [3.63, 3.8) is 0 Å². The predicted molar refractivity (Wildman–Crippen MR) is 91.9 cm³/mol. The highest BCUT2D eigenvalue weighted by molar-refractivity contribution is 8.06. The van der Waals surface area contributed by atoms with E-state index in [2.05, 4.69) is 32.2 Å². The lowest BCUT2D eigenvalue weighted by Crippen LogP contribution is -2.19. The molecule has 2 unspecified atom stereocenters. The summed E-state index contributed by atoms with van der Waals surface area (Å²) in [7, 11) is 0. The number of aromatic nitrogens is 2. The van der Waals surface area contributed by atoms with E-state index in [0.717, 1.165) is 37.4 Å². The van der Waals surface area contributed by atoms with E-state index in [0.29, 0.717) is 10.5 Å². The average Bonchev–Trinajstić information content (AvgIpc) is 2.46. The van der Waals surface area contributed by atoms with E-state index in [-0.39, 0.29) is 0 Å². The van der Waals surface area contributed by atoms with Gasteiger partial charge in [0.25, 0.3) is 0 Å². The Labute approximate surface area is 131 Å². The maximum absolute atomic E-state index is 4.82. The van der Waals surface area contributed by atoms with Gasteiger partial charge in [-0.1, -0.05) is 27.2 Å². The minimum Gasteiger partial charge on any atom is -0.370 e. The predicted octanol–water partition coefficient (Wildman–Crippen LogP) is 4.16. The summed E-state index contributed by atoms with van der Waals surface area (Å²) in [6.45, 7) is 7.66. The molecule has 1 aliphatic rings. The van der Waals surface area contributed by atoms with E-state index in [4.69, 9.17) is 9.97 Å². The maximum Gasteiger partial charge on any atom is 0.145 e. The van der Waals surface area contributed by atoms with Gasteiger partial charge in [0, 0.05) is 35.1 Å². The first-order chi connectivity index (χ1) is 9.74. The molecule has 0 aromatic carbocycles. The van der Waals surface area contributed by atoms with Gasteiger partial charge in [-0.2, -0.15) is 11.8 Å². The summed E-state index contributed by atoms with van der Waals surface area (Å²) in [5, 5.41) is 4.46. The molecule has 1 aliphatic heterocycles. The van der Waals surface area contributed by atoms with E-state index < -0.39 is 0 Å². The van der Waals surface area contributed by atoms with E-state index >= 15 is 0 Å². The van der Waals surface area contributed by atoms with Crippen LogP contribution >= 0.6 is 23.5 Å². The topological polar surface area (TPSA) is 37.8 Å². The second kappa shape index (κ2) is 8.13. The molecule has 1 N–H and O–H groups in total. The Hall–Kier alpha value is -0.420. The van der Waals surface area contributed by atoms with Crippen LogP contribution in [0.4, 0.5) is 5.82 Å². The third kappa shape index (κ3) is 4.29. The van der Waals surface area contributed by atoms with Crippen LogP contribution in [0.25, 0.3) is 0 Å². The van der Waals surface area contributed by atoms with Gasteiger partial charge in [-0.15, -0.1) is 11.8 Å². The Bertz CT molecular complexity index is 426. The highest BCUT2D eigenvalue weighted by atomic mass is 32.2. The molecular weight excluding hydrogens is 286 g/mol. The van der Waals surface area contributed by atoms with Crippen molar-refractivity contribution < 1.29 is 0 Å². The van der Waals surface area contributed by atoms with Gasteiger partial charge in [0.05, 0.1) is 5.25 Å². The third-order valence-electron chi connectivity index (χ3n) is 3.30. The molecule has 0 amide bonds. The summed E-state index contributed by atoms with van der Waals surface area (Å²) < 4.78 is 0. The Kier molecular flexibility index (Phi) is 6.49. The molecule has 5 heteroatoms. The number of rotatable bonds is 6. The Balaban J connectivity index is 2.22. The van der Waals surface area contributed by atoms with Crippen molar-refractivity contribution in [2.45, 2.75) is 50.5 Å². The molecule has 1 saturated heterocycles. The Morgan fingerprint density at radius 3 is 2.70 bits per heavy atom. The molecule has 2 atom stereocenters. The highest BCUT2D eigenvalue weighted by Gasteiger charge is 2.27. The fourth-order valence-corrected chi connectivity index (χ4v) is 4.98.